The number of nitrogens with zero attached hydrogens (tertiary/aromatic N) is 1. The van der Waals surface area contributed by atoms with E-state index in [4.69, 9.17) is 4.74 Å². The molecule has 1 N–H and O–H groups in total. The summed E-state index contributed by atoms with van der Waals surface area (Å²) in [5.41, 5.74) is 3.01. The maximum absolute atomic E-state index is 12.6. The number of hydrogen-bond donors (Lipinski definition) is 1. The van der Waals surface area contributed by atoms with E-state index in [-0.39, 0.29) is 10.1 Å². The highest BCUT2D eigenvalue weighted by Crippen LogP contribution is 2.25. The van der Waals surface area contributed by atoms with Crippen molar-refractivity contribution >= 4 is 33.0 Å². The fourth-order valence-corrected chi connectivity index (χ4v) is 4.73. The zero-order valence-corrected chi connectivity index (χ0v) is 15.7. The number of carbonyl (C=O) groups excluding carboxylic acids is 1. The first-order chi connectivity index (χ1) is 11.9. The standard InChI is InChI=1S/C17H20N2O4S2/c1-12-3-4-15(9-13(12)2)18-25(21,22)16-10-14(11-24-16)17(20)19-5-7-23-8-6-19/h3-4,9-11,18H,5-8H2,1-2H3. The second-order valence-electron chi connectivity index (χ2n) is 5.96. The van der Waals surface area contributed by atoms with Crippen LogP contribution in [0.2, 0.25) is 0 Å². The molecule has 1 aliphatic rings. The van der Waals surface area contributed by atoms with Gasteiger partial charge < -0.3 is 9.64 Å². The second kappa shape index (κ2) is 7.15. The van der Waals surface area contributed by atoms with Gasteiger partial charge in [0.15, 0.2) is 0 Å². The number of ether oxygens (including phenoxy) is 1. The highest BCUT2D eigenvalue weighted by atomic mass is 32.2. The maximum atomic E-state index is 12.6. The first-order valence-corrected chi connectivity index (χ1v) is 10.3. The first kappa shape index (κ1) is 17.9. The van der Waals surface area contributed by atoms with Gasteiger partial charge in [-0.2, -0.15) is 0 Å². The van der Waals surface area contributed by atoms with Crippen LogP contribution in [0.1, 0.15) is 21.5 Å². The summed E-state index contributed by atoms with van der Waals surface area (Å²) in [6, 6.07) is 6.83. The number of benzene rings is 1. The summed E-state index contributed by atoms with van der Waals surface area (Å²) in [6.07, 6.45) is 0. The van der Waals surface area contributed by atoms with E-state index in [2.05, 4.69) is 4.72 Å². The Morgan fingerprint density at radius 3 is 2.56 bits per heavy atom. The average molecular weight is 380 g/mol. The normalized spacial score (nSPS) is 15.2. The molecule has 8 heteroatoms. The number of morpholine rings is 1. The highest BCUT2D eigenvalue weighted by Gasteiger charge is 2.23. The number of anilines is 1. The van der Waals surface area contributed by atoms with Crippen molar-refractivity contribution in [3.8, 4) is 0 Å². The van der Waals surface area contributed by atoms with Crippen molar-refractivity contribution in [3.63, 3.8) is 0 Å². The van der Waals surface area contributed by atoms with Crippen LogP contribution in [0, 0.1) is 13.8 Å². The van der Waals surface area contributed by atoms with Gasteiger partial charge >= 0.3 is 0 Å². The lowest BCUT2D eigenvalue weighted by Crippen LogP contribution is -2.40. The quantitative estimate of drug-likeness (QED) is 0.885. The molecule has 0 bridgehead atoms. The van der Waals surface area contributed by atoms with Crippen molar-refractivity contribution in [2.75, 3.05) is 31.0 Å². The molecule has 0 unspecified atom stereocenters. The number of hydrogen-bond acceptors (Lipinski definition) is 5. The molecule has 1 aliphatic heterocycles. The van der Waals surface area contributed by atoms with Crippen molar-refractivity contribution in [2.45, 2.75) is 18.1 Å². The Hall–Kier alpha value is -1.90. The Labute approximate surface area is 151 Å². The van der Waals surface area contributed by atoms with Crippen molar-refractivity contribution in [1.82, 2.24) is 4.90 Å². The van der Waals surface area contributed by atoms with E-state index in [0.717, 1.165) is 22.5 Å². The minimum atomic E-state index is -3.71. The molecule has 3 rings (SSSR count). The molecular weight excluding hydrogens is 360 g/mol. The minimum Gasteiger partial charge on any atom is -0.378 e. The summed E-state index contributed by atoms with van der Waals surface area (Å²) in [5.74, 6) is -0.160. The summed E-state index contributed by atoms with van der Waals surface area (Å²) in [6.45, 7) is 5.97. The van der Waals surface area contributed by atoms with E-state index < -0.39 is 10.0 Å². The van der Waals surface area contributed by atoms with Crippen LogP contribution >= 0.6 is 11.3 Å². The minimum absolute atomic E-state index is 0.127. The van der Waals surface area contributed by atoms with Gasteiger partial charge in [-0.15, -0.1) is 11.3 Å². The molecule has 0 saturated carbocycles. The number of thiophene rings is 1. The van der Waals surface area contributed by atoms with Crippen molar-refractivity contribution in [1.29, 1.82) is 0 Å². The second-order valence-corrected chi connectivity index (χ2v) is 8.78. The number of amides is 1. The third-order valence-corrected chi connectivity index (χ3v) is 6.97. The molecule has 0 spiro atoms. The molecule has 1 aromatic carbocycles. The average Bonchev–Trinajstić information content (AvgIpc) is 3.09. The maximum Gasteiger partial charge on any atom is 0.271 e. The van der Waals surface area contributed by atoms with Gasteiger partial charge in [0.1, 0.15) is 4.21 Å². The lowest BCUT2D eigenvalue weighted by atomic mass is 10.1. The summed E-state index contributed by atoms with van der Waals surface area (Å²) in [5, 5.41) is 1.59. The van der Waals surface area contributed by atoms with Crippen molar-refractivity contribution in [2.24, 2.45) is 0 Å². The molecule has 1 saturated heterocycles. The number of carbonyl (C=O) groups is 1. The van der Waals surface area contributed by atoms with E-state index in [1.165, 1.54) is 6.07 Å². The summed E-state index contributed by atoms with van der Waals surface area (Å²) < 4.78 is 33.1. The predicted octanol–water partition coefficient (Wildman–Crippen LogP) is 2.64. The third kappa shape index (κ3) is 4.02. The fraction of sp³-hybridized carbons (Fsp3) is 0.353. The fourth-order valence-electron chi connectivity index (χ4n) is 2.53. The van der Waals surface area contributed by atoms with Crippen LogP contribution in [-0.4, -0.2) is 45.5 Å². The van der Waals surface area contributed by atoms with Crippen molar-refractivity contribution < 1.29 is 17.9 Å². The Morgan fingerprint density at radius 1 is 1.16 bits per heavy atom. The Bertz CT molecular complexity index is 884. The van der Waals surface area contributed by atoms with Crippen molar-refractivity contribution in [3.05, 3.63) is 46.3 Å². The highest BCUT2D eigenvalue weighted by molar-refractivity contribution is 7.94. The van der Waals surface area contributed by atoms with Crippen LogP contribution in [0.3, 0.4) is 0 Å². The van der Waals surface area contributed by atoms with E-state index in [0.29, 0.717) is 37.6 Å². The van der Waals surface area contributed by atoms with Gasteiger partial charge in [-0.1, -0.05) is 6.07 Å². The van der Waals surface area contributed by atoms with Gasteiger partial charge in [-0.25, -0.2) is 8.42 Å². The zero-order valence-electron chi connectivity index (χ0n) is 14.1. The van der Waals surface area contributed by atoms with E-state index >= 15 is 0 Å². The van der Waals surface area contributed by atoms with Gasteiger partial charge in [0.2, 0.25) is 0 Å². The van der Waals surface area contributed by atoms with Gasteiger partial charge in [0.25, 0.3) is 15.9 Å². The predicted molar refractivity (Wildman–Crippen MR) is 97.8 cm³/mol. The van der Waals surface area contributed by atoms with Crippen LogP contribution < -0.4 is 4.72 Å². The molecule has 0 radical (unpaired) electrons. The number of nitrogens with one attached hydrogen (secondary N) is 1. The first-order valence-electron chi connectivity index (χ1n) is 7.92. The molecule has 6 nitrogen and oxygen atoms in total. The van der Waals surface area contributed by atoms with Crippen LogP contribution in [-0.2, 0) is 14.8 Å². The molecule has 25 heavy (non-hydrogen) atoms. The number of aryl methyl sites for hydroxylation is 2. The molecule has 1 amide bonds. The topological polar surface area (TPSA) is 75.7 Å². The Kier molecular flexibility index (Phi) is 5.12. The Morgan fingerprint density at radius 2 is 1.88 bits per heavy atom. The van der Waals surface area contributed by atoms with Crippen LogP contribution in [0.5, 0.6) is 0 Å². The summed E-state index contributed by atoms with van der Waals surface area (Å²) in [7, 11) is -3.71. The van der Waals surface area contributed by atoms with E-state index in [1.54, 1.807) is 22.4 Å². The van der Waals surface area contributed by atoms with E-state index in [9.17, 15) is 13.2 Å². The summed E-state index contributed by atoms with van der Waals surface area (Å²) in [4.78, 5) is 14.1. The largest absolute Gasteiger partial charge is 0.378 e. The molecule has 0 aliphatic carbocycles. The lowest BCUT2D eigenvalue weighted by Gasteiger charge is -2.26. The number of rotatable bonds is 4. The molecule has 1 aromatic heterocycles. The third-order valence-electron chi connectivity index (χ3n) is 4.14. The van der Waals surface area contributed by atoms with Crippen LogP contribution in [0.15, 0.2) is 33.9 Å². The number of sulfonamides is 1. The molecule has 2 aromatic rings. The SMILES string of the molecule is Cc1ccc(NS(=O)(=O)c2cc(C(=O)N3CCOCC3)cs2)cc1C. The van der Waals surface area contributed by atoms with Crippen LogP contribution in [0.4, 0.5) is 5.69 Å². The van der Waals surface area contributed by atoms with Gasteiger partial charge in [-0.3, -0.25) is 9.52 Å². The van der Waals surface area contributed by atoms with Gasteiger partial charge in [0, 0.05) is 24.2 Å². The molecule has 134 valence electrons. The van der Waals surface area contributed by atoms with Gasteiger partial charge in [-0.05, 0) is 43.2 Å². The Balaban J connectivity index is 1.77. The lowest BCUT2D eigenvalue weighted by molar-refractivity contribution is 0.0303. The molecule has 2 heterocycles. The monoisotopic (exact) mass is 380 g/mol. The molecular formula is C17H20N2O4S2. The molecule has 0 atom stereocenters. The van der Waals surface area contributed by atoms with Crippen LogP contribution in [0.25, 0.3) is 0 Å². The zero-order chi connectivity index (χ0) is 18.0. The molecule has 1 fully saturated rings. The smallest absolute Gasteiger partial charge is 0.271 e. The summed E-state index contributed by atoms with van der Waals surface area (Å²) >= 11 is 1.05. The van der Waals surface area contributed by atoms with Gasteiger partial charge in [0.05, 0.1) is 18.8 Å². The van der Waals surface area contributed by atoms with E-state index in [1.807, 2.05) is 19.9 Å².